The molecule has 17 heavy (non-hydrogen) atoms. The highest BCUT2D eigenvalue weighted by Crippen LogP contribution is 2.17. The van der Waals surface area contributed by atoms with Gasteiger partial charge in [0.05, 0.1) is 7.11 Å². The van der Waals surface area contributed by atoms with Gasteiger partial charge in [0.25, 0.3) is 0 Å². The van der Waals surface area contributed by atoms with Crippen LogP contribution in [0.2, 0.25) is 5.28 Å². The second-order valence-corrected chi connectivity index (χ2v) is 3.75. The topological polar surface area (TPSA) is 59.9 Å². The van der Waals surface area contributed by atoms with Gasteiger partial charge in [0.2, 0.25) is 11.2 Å². The van der Waals surface area contributed by atoms with Gasteiger partial charge in [-0.3, -0.25) is 0 Å². The summed E-state index contributed by atoms with van der Waals surface area (Å²) in [5.41, 5.74) is 2.02. The maximum atomic E-state index is 5.74. The summed E-state index contributed by atoms with van der Waals surface area (Å²) in [4.78, 5) is 11.8. The van der Waals surface area contributed by atoms with Crippen molar-refractivity contribution in [3.63, 3.8) is 0 Å². The number of nitrogens with zero attached hydrogens (tertiary/aromatic N) is 3. The molecule has 6 heteroatoms. The number of anilines is 2. The Hall–Kier alpha value is -1.88. The van der Waals surface area contributed by atoms with E-state index in [-0.39, 0.29) is 11.3 Å². The van der Waals surface area contributed by atoms with E-state index >= 15 is 0 Å². The normalized spacial score (nSPS) is 10.1. The Kier molecular flexibility index (Phi) is 3.39. The standard InChI is InChI=1S/C11H11ClN4O/c1-7-4-3-5-8(6-7)13-10-14-9(12)15-11(16-10)17-2/h3-6H,1-2H3,(H,13,14,15,16). The van der Waals surface area contributed by atoms with Crippen LogP contribution in [0.4, 0.5) is 11.6 Å². The third-order valence-corrected chi connectivity index (χ3v) is 2.21. The molecule has 0 radical (unpaired) electrons. The average Bonchev–Trinajstić information content (AvgIpc) is 2.28. The van der Waals surface area contributed by atoms with Crippen molar-refractivity contribution >= 4 is 23.2 Å². The van der Waals surface area contributed by atoms with Crippen molar-refractivity contribution in [3.05, 3.63) is 35.1 Å². The monoisotopic (exact) mass is 250 g/mol. The molecule has 0 bridgehead atoms. The number of hydrogen-bond acceptors (Lipinski definition) is 5. The Morgan fingerprint density at radius 3 is 2.76 bits per heavy atom. The van der Waals surface area contributed by atoms with Crippen molar-refractivity contribution in [1.29, 1.82) is 0 Å². The molecule has 0 spiro atoms. The second-order valence-electron chi connectivity index (χ2n) is 3.41. The SMILES string of the molecule is COc1nc(Cl)nc(Nc2cccc(C)c2)n1. The summed E-state index contributed by atoms with van der Waals surface area (Å²) in [6, 6.07) is 8.02. The van der Waals surface area contributed by atoms with Gasteiger partial charge in [0.1, 0.15) is 0 Å². The molecule has 1 aromatic carbocycles. The van der Waals surface area contributed by atoms with E-state index in [0.717, 1.165) is 11.3 Å². The fourth-order valence-electron chi connectivity index (χ4n) is 1.33. The quantitative estimate of drug-likeness (QED) is 0.907. The maximum absolute atomic E-state index is 5.74. The first-order valence-electron chi connectivity index (χ1n) is 4.96. The van der Waals surface area contributed by atoms with Crippen molar-refractivity contribution in [3.8, 4) is 6.01 Å². The molecular formula is C11H11ClN4O. The molecule has 2 rings (SSSR count). The van der Waals surface area contributed by atoms with Crippen molar-refractivity contribution < 1.29 is 4.74 Å². The Labute approximate surface area is 104 Å². The summed E-state index contributed by atoms with van der Waals surface area (Å²) in [7, 11) is 1.47. The van der Waals surface area contributed by atoms with E-state index in [1.807, 2.05) is 31.2 Å². The highest BCUT2D eigenvalue weighted by Gasteiger charge is 2.05. The van der Waals surface area contributed by atoms with Crippen molar-refractivity contribution in [2.45, 2.75) is 6.92 Å². The number of ether oxygens (including phenoxy) is 1. The molecule has 2 aromatic rings. The van der Waals surface area contributed by atoms with E-state index in [1.54, 1.807) is 0 Å². The zero-order valence-electron chi connectivity index (χ0n) is 9.44. The molecule has 0 unspecified atom stereocenters. The molecule has 0 saturated carbocycles. The number of methoxy groups -OCH3 is 1. The van der Waals surface area contributed by atoms with Crippen LogP contribution in [0, 0.1) is 6.92 Å². The summed E-state index contributed by atoms with van der Waals surface area (Å²) in [6.07, 6.45) is 0. The Morgan fingerprint density at radius 2 is 2.06 bits per heavy atom. The molecular weight excluding hydrogens is 240 g/mol. The maximum Gasteiger partial charge on any atom is 0.322 e. The molecule has 0 saturated heterocycles. The van der Waals surface area contributed by atoms with Gasteiger partial charge in [0.15, 0.2) is 0 Å². The molecule has 0 aliphatic heterocycles. The zero-order chi connectivity index (χ0) is 12.3. The molecule has 88 valence electrons. The molecule has 0 amide bonds. The summed E-state index contributed by atoms with van der Waals surface area (Å²) in [5.74, 6) is 0.354. The minimum atomic E-state index is 0.0898. The summed E-state index contributed by atoms with van der Waals surface area (Å²) in [5, 5.41) is 3.12. The van der Waals surface area contributed by atoms with E-state index in [2.05, 4.69) is 20.3 Å². The average molecular weight is 251 g/mol. The van der Waals surface area contributed by atoms with Crippen LogP contribution in [-0.4, -0.2) is 22.1 Å². The molecule has 1 heterocycles. The fourth-order valence-corrected chi connectivity index (χ4v) is 1.48. The van der Waals surface area contributed by atoms with Gasteiger partial charge >= 0.3 is 6.01 Å². The molecule has 1 N–H and O–H groups in total. The van der Waals surface area contributed by atoms with Crippen LogP contribution in [0.25, 0.3) is 0 Å². The summed E-state index contributed by atoms with van der Waals surface area (Å²) < 4.78 is 4.91. The Balaban J connectivity index is 2.26. The van der Waals surface area contributed by atoms with Crippen LogP contribution in [-0.2, 0) is 0 Å². The van der Waals surface area contributed by atoms with Gasteiger partial charge in [-0.05, 0) is 36.2 Å². The molecule has 0 aliphatic rings. The van der Waals surface area contributed by atoms with Crippen LogP contribution in [0.15, 0.2) is 24.3 Å². The van der Waals surface area contributed by atoms with Gasteiger partial charge in [-0.1, -0.05) is 12.1 Å². The van der Waals surface area contributed by atoms with Crippen LogP contribution in [0.3, 0.4) is 0 Å². The molecule has 1 aromatic heterocycles. The number of aryl methyl sites for hydroxylation is 1. The van der Waals surface area contributed by atoms with E-state index in [4.69, 9.17) is 16.3 Å². The molecule has 0 fully saturated rings. The highest BCUT2D eigenvalue weighted by atomic mass is 35.5. The van der Waals surface area contributed by atoms with Crippen LogP contribution in [0.5, 0.6) is 6.01 Å². The van der Waals surface area contributed by atoms with Crippen LogP contribution >= 0.6 is 11.6 Å². The van der Waals surface area contributed by atoms with Crippen LogP contribution in [0.1, 0.15) is 5.56 Å². The number of halogens is 1. The van der Waals surface area contributed by atoms with Gasteiger partial charge in [0, 0.05) is 5.69 Å². The van der Waals surface area contributed by atoms with Crippen molar-refractivity contribution in [2.24, 2.45) is 0 Å². The Morgan fingerprint density at radius 1 is 1.24 bits per heavy atom. The first kappa shape index (κ1) is 11.6. The van der Waals surface area contributed by atoms with E-state index in [0.29, 0.717) is 5.95 Å². The van der Waals surface area contributed by atoms with Crippen molar-refractivity contribution in [1.82, 2.24) is 15.0 Å². The predicted octanol–water partition coefficient (Wildman–Crippen LogP) is 2.59. The Bertz CT molecular complexity index is 533. The van der Waals surface area contributed by atoms with Crippen molar-refractivity contribution in [2.75, 3.05) is 12.4 Å². The predicted molar refractivity (Wildman–Crippen MR) is 65.9 cm³/mol. The second kappa shape index (κ2) is 4.97. The molecule has 5 nitrogen and oxygen atoms in total. The molecule has 0 aliphatic carbocycles. The lowest BCUT2D eigenvalue weighted by molar-refractivity contribution is 0.379. The number of nitrogens with one attached hydrogen (secondary N) is 1. The van der Waals surface area contributed by atoms with Gasteiger partial charge in [-0.2, -0.15) is 15.0 Å². The lowest BCUT2D eigenvalue weighted by atomic mass is 10.2. The summed E-state index contributed by atoms with van der Waals surface area (Å²) in [6.45, 7) is 2.01. The minimum absolute atomic E-state index is 0.0898. The smallest absolute Gasteiger partial charge is 0.322 e. The van der Waals surface area contributed by atoms with Gasteiger partial charge in [-0.25, -0.2) is 0 Å². The largest absolute Gasteiger partial charge is 0.467 e. The van der Waals surface area contributed by atoms with Crippen LogP contribution < -0.4 is 10.1 Å². The third-order valence-electron chi connectivity index (χ3n) is 2.04. The lowest BCUT2D eigenvalue weighted by Crippen LogP contribution is -2.01. The van der Waals surface area contributed by atoms with E-state index in [9.17, 15) is 0 Å². The first-order chi connectivity index (χ1) is 8.17. The molecule has 0 atom stereocenters. The first-order valence-corrected chi connectivity index (χ1v) is 5.34. The number of rotatable bonds is 3. The minimum Gasteiger partial charge on any atom is -0.467 e. The number of benzene rings is 1. The highest BCUT2D eigenvalue weighted by molar-refractivity contribution is 6.28. The van der Waals surface area contributed by atoms with E-state index < -0.39 is 0 Å². The third kappa shape index (κ3) is 3.04. The number of hydrogen-bond donors (Lipinski definition) is 1. The van der Waals surface area contributed by atoms with Gasteiger partial charge < -0.3 is 10.1 Å². The van der Waals surface area contributed by atoms with Gasteiger partial charge in [-0.15, -0.1) is 0 Å². The lowest BCUT2D eigenvalue weighted by Gasteiger charge is -2.06. The number of aromatic nitrogens is 3. The summed E-state index contributed by atoms with van der Waals surface area (Å²) >= 11 is 5.74. The fraction of sp³-hybridized carbons (Fsp3) is 0.182. The van der Waals surface area contributed by atoms with E-state index in [1.165, 1.54) is 7.11 Å². The zero-order valence-corrected chi connectivity index (χ0v) is 10.2.